The zero-order valence-electron chi connectivity index (χ0n) is 14.3. The molecule has 128 valence electrons. The summed E-state index contributed by atoms with van der Waals surface area (Å²) < 4.78 is 12.4. The maximum atomic E-state index is 12.3. The molecule has 0 amide bonds. The van der Waals surface area contributed by atoms with Crippen LogP contribution < -0.4 is 15.0 Å². The van der Waals surface area contributed by atoms with Gasteiger partial charge in [0, 0.05) is 43.2 Å². The van der Waals surface area contributed by atoms with Crippen LogP contribution in [-0.2, 0) is 18.3 Å². The fraction of sp³-hybridized carbons (Fsp3) is 0.211. The van der Waals surface area contributed by atoms with E-state index < -0.39 is 0 Å². The minimum Gasteiger partial charge on any atom is -0.496 e. The predicted molar refractivity (Wildman–Crippen MR) is 95.3 cm³/mol. The van der Waals surface area contributed by atoms with E-state index in [-0.39, 0.29) is 12.0 Å². The van der Waals surface area contributed by atoms with E-state index in [9.17, 15) is 9.59 Å². The van der Waals surface area contributed by atoms with Crippen LogP contribution in [0.3, 0.4) is 0 Å². The first kappa shape index (κ1) is 16.7. The van der Waals surface area contributed by atoms with Crippen LogP contribution in [0.5, 0.6) is 11.5 Å². The zero-order valence-corrected chi connectivity index (χ0v) is 14.3. The van der Waals surface area contributed by atoms with Gasteiger partial charge in [0.15, 0.2) is 0 Å². The molecule has 0 bridgehead atoms. The summed E-state index contributed by atoms with van der Waals surface area (Å²) in [5, 5.41) is 1.34. The van der Waals surface area contributed by atoms with E-state index >= 15 is 0 Å². The lowest BCUT2D eigenvalue weighted by Gasteiger charge is -2.15. The van der Waals surface area contributed by atoms with Crippen molar-refractivity contribution >= 4 is 17.1 Å². The molecule has 0 aliphatic heterocycles. The number of aryl methyl sites for hydroxylation is 1. The molecule has 0 aliphatic rings. The number of aldehydes is 1. The average Bonchev–Trinajstić information content (AvgIpc) is 2.65. The number of benzene rings is 1. The van der Waals surface area contributed by atoms with E-state index in [1.807, 2.05) is 18.2 Å². The van der Waals surface area contributed by atoms with Gasteiger partial charge in [-0.3, -0.25) is 9.78 Å². The fourth-order valence-electron chi connectivity index (χ4n) is 2.97. The van der Waals surface area contributed by atoms with Gasteiger partial charge in [0.1, 0.15) is 17.8 Å². The first-order chi connectivity index (χ1) is 12.1. The molecule has 0 unspecified atom stereocenters. The predicted octanol–water partition coefficient (Wildman–Crippen LogP) is 2.36. The molecule has 0 saturated carbocycles. The number of rotatable bonds is 5. The maximum absolute atomic E-state index is 12.3. The number of nitrogens with zero attached hydrogens (tertiary/aromatic N) is 2. The van der Waals surface area contributed by atoms with Gasteiger partial charge >= 0.3 is 0 Å². The Labute approximate surface area is 144 Å². The maximum Gasteiger partial charge on any atom is 0.259 e. The lowest BCUT2D eigenvalue weighted by atomic mass is 9.98. The fourth-order valence-corrected chi connectivity index (χ4v) is 2.97. The summed E-state index contributed by atoms with van der Waals surface area (Å²) in [6.07, 6.45) is 6.01. The zero-order chi connectivity index (χ0) is 18.0. The molecule has 1 aromatic carbocycles. The summed E-state index contributed by atoms with van der Waals surface area (Å²) >= 11 is 0. The van der Waals surface area contributed by atoms with Gasteiger partial charge in [0.25, 0.3) is 5.56 Å². The van der Waals surface area contributed by atoms with Gasteiger partial charge < -0.3 is 18.8 Å². The Morgan fingerprint density at radius 3 is 2.44 bits per heavy atom. The van der Waals surface area contributed by atoms with Crippen molar-refractivity contribution < 1.29 is 14.3 Å². The Morgan fingerprint density at radius 2 is 1.84 bits per heavy atom. The highest BCUT2D eigenvalue weighted by Gasteiger charge is 2.16. The summed E-state index contributed by atoms with van der Waals surface area (Å²) in [5.41, 5.74) is 2.27. The molecule has 6 nitrogen and oxygen atoms in total. The van der Waals surface area contributed by atoms with Gasteiger partial charge in [0.05, 0.1) is 19.6 Å². The van der Waals surface area contributed by atoms with Crippen molar-refractivity contribution in [3.8, 4) is 22.6 Å². The van der Waals surface area contributed by atoms with Crippen molar-refractivity contribution in [2.24, 2.45) is 7.05 Å². The van der Waals surface area contributed by atoms with Crippen molar-refractivity contribution in [1.82, 2.24) is 9.55 Å². The largest absolute Gasteiger partial charge is 0.496 e. The standard InChI is InChI=1S/C19H18N2O4/c1-21-11-16(13-4-6-20-10-15(13)19(21)23)12-8-17(24-2)14(5-7-22)18(9-12)25-3/h4,6-11H,5H2,1-3H3. The van der Waals surface area contributed by atoms with Crippen LogP contribution >= 0.6 is 0 Å². The molecule has 25 heavy (non-hydrogen) atoms. The molecule has 3 aromatic rings. The van der Waals surface area contributed by atoms with Crippen LogP contribution in [0.1, 0.15) is 5.56 Å². The van der Waals surface area contributed by atoms with Gasteiger partial charge in [-0.1, -0.05) is 0 Å². The summed E-state index contributed by atoms with van der Waals surface area (Å²) in [6.45, 7) is 0. The molecular formula is C19H18N2O4. The van der Waals surface area contributed by atoms with Crippen molar-refractivity contribution in [1.29, 1.82) is 0 Å². The van der Waals surface area contributed by atoms with Crippen molar-refractivity contribution in [3.05, 3.63) is 52.7 Å². The third-order valence-corrected chi connectivity index (χ3v) is 4.19. The average molecular weight is 338 g/mol. The van der Waals surface area contributed by atoms with Gasteiger partial charge in [0.2, 0.25) is 0 Å². The van der Waals surface area contributed by atoms with E-state index in [0.29, 0.717) is 22.4 Å². The number of aromatic nitrogens is 2. The molecule has 3 rings (SSSR count). The molecule has 6 heteroatoms. The minimum atomic E-state index is -0.108. The SMILES string of the molecule is COc1cc(-c2cn(C)c(=O)c3cnccc23)cc(OC)c1CC=O. The van der Waals surface area contributed by atoms with Crippen LogP contribution in [0, 0.1) is 0 Å². The topological polar surface area (TPSA) is 70.4 Å². The number of carbonyl (C=O) groups excluding carboxylic acids is 1. The van der Waals surface area contributed by atoms with Gasteiger partial charge in [-0.15, -0.1) is 0 Å². The quantitative estimate of drug-likeness (QED) is 0.668. The van der Waals surface area contributed by atoms with Gasteiger partial charge in [-0.25, -0.2) is 0 Å². The molecular weight excluding hydrogens is 320 g/mol. The second-order valence-corrected chi connectivity index (χ2v) is 5.61. The monoisotopic (exact) mass is 338 g/mol. The number of methoxy groups -OCH3 is 2. The summed E-state index contributed by atoms with van der Waals surface area (Å²) in [5.74, 6) is 1.13. The Kier molecular flexibility index (Phi) is 4.52. The molecule has 0 radical (unpaired) electrons. The smallest absolute Gasteiger partial charge is 0.259 e. The van der Waals surface area contributed by atoms with E-state index in [2.05, 4.69) is 4.98 Å². The van der Waals surface area contributed by atoms with E-state index in [0.717, 1.165) is 22.8 Å². The molecule has 0 N–H and O–H groups in total. The highest BCUT2D eigenvalue weighted by Crippen LogP contribution is 2.37. The summed E-state index contributed by atoms with van der Waals surface area (Å²) in [4.78, 5) is 27.4. The molecule has 0 spiro atoms. The third-order valence-electron chi connectivity index (χ3n) is 4.19. The number of hydrogen-bond acceptors (Lipinski definition) is 5. The number of pyridine rings is 2. The van der Waals surface area contributed by atoms with Crippen molar-refractivity contribution in [3.63, 3.8) is 0 Å². The summed E-state index contributed by atoms with van der Waals surface area (Å²) in [6, 6.07) is 5.51. The molecule has 2 heterocycles. The van der Waals surface area contributed by atoms with Crippen LogP contribution in [0.15, 0.2) is 41.6 Å². The van der Waals surface area contributed by atoms with Gasteiger partial charge in [-0.2, -0.15) is 0 Å². The van der Waals surface area contributed by atoms with Crippen LogP contribution in [0.25, 0.3) is 21.9 Å². The highest BCUT2D eigenvalue weighted by molar-refractivity contribution is 5.95. The van der Waals surface area contributed by atoms with E-state index in [4.69, 9.17) is 9.47 Å². The van der Waals surface area contributed by atoms with E-state index in [1.165, 1.54) is 4.57 Å². The molecule has 0 fully saturated rings. The minimum absolute atomic E-state index is 0.108. The second-order valence-electron chi connectivity index (χ2n) is 5.61. The number of fused-ring (bicyclic) bond motifs is 1. The Bertz CT molecular complexity index is 983. The van der Waals surface area contributed by atoms with Crippen LogP contribution in [0.4, 0.5) is 0 Å². The normalized spacial score (nSPS) is 10.7. The lowest BCUT2D eigenvalue weighted by Crippen LogP contribution is -2.16. The van der Waals surface area contributed by atoms with E-state index in [1.54, 1.807) is 39.9 Å². The Balaban J connectivity index is 2.34. The molecule has 0 saturated heterocycles. The van der Waals surface area contributed by atoms with Crippen LogP contribution in [0.2, 0.25) is 0 Å². The van der Waals surface area contributed by atoms with Crippen molar-refractivity contribution in [2.45, 2.75) is 6.42 Å². The third kappa shape index (κ3) is 2.87. The Morgan fingerprint density at radius 1 is 1.16 bits per heavy atom. The second kappa shape index (κ2) is 6.76. The summed E-state index contributed by atoms with van der Waals surface area (Å²) in [7, 11) is 4.80. The van der Waals surface area contributed by atoms with Crippen LogP contribution in [-0.4, -0.2) is 30.1 Å². The number of ether oxygens (including phenoxy) is 2. The first-order valence-electron chi connectivity index (χ1n) is 7.73. The molecule has 0 atom stereocenters. The number of hydrogen-bond donors (Lipinski definition) is 0. The first-order valence-corrected chi connectivity index (χ1v) is 7.73. The molecule has 2 aromatic heterocycles. The molecule has 0 aliphatic carbocycles. The van der Waals surface area contributed by atoms with Gasteiger partial charge in [-0.05, 0) is 29.1 Å². The Hall–Kier alpha value is -3.15. The number of carbonyl (C=O) groups is 1. The van der Waals surface area contributed by atoms with Crippen molar-refractivity contribution in [2.75, 3.05) is 14.2 Å². The lowest BCUT2D eigenvalue weighted by molar-refractivity contribution is -0.107. The highest BCUT2D eigenvalue weighted by atomic mass is 16.5.